The van der Waals surface area contributed by atoms with Gasteiger partial charge in [-0.2, -0.15) is 0 Å². The summed E-state index contributed by atoms with van der Waals surface area (Å²) in [5, 5.41) is 6.23. The Morgan fingerprint density at radius 1 is 1.11 bits per heavy atom. The number of carbonyl (C=O) groups is 2. The maximum atomic E-state index is 13.9. The lowest BCUT2D eigenvalue weighted by molar-refractivity contribution is -0.128. The smallest absolute Gasteiger partial charge is 0.248 e. The van der Waals surface area contributed by atoms with Crippen molar-refractivity contribution in [3.63, 3.8) is 0 Å². The molecule has 2 N–H and O–H groups in total. The van der Waals surface area contributed by atoms with Crippen molar-refractivity contribution >= 4 is 17.5 Å². The van der Waals surface area contributed by atoms with Gasteiger partial charge in [0.1, 0.15) is 6.04 Å². The topological polar surface area (TPSA) is 74.3 Å². The van der Waals surface area contributed by atoms with Gasteiger partial charge in [-0.05, 0) is 61.4 Å². The maximum Gasteiger partial charge on any atom is 0.248 e. The molecule has 6 nitrogen and oxygen atoms in total. The van der Waals surface area contributed by atoms with Crippen molar-refractivity contribution < 1.29 is 18.4 Å². The van der Waals surface area contributed by atoms with Crippen LogP contribution < -0.4 is 15.5 Å². The van der Waals surface area contributed by atoms with E-state index in [1.165, 1.54) is 0 Å². The Labute approximate surface area is 211 Å². The SMILES string of the molecule is CC(C)(C)c1ccc(N(C(=O)[C@H]2CCCN2)C(C(=O)NC2CCC(F)(F)CC2)c2cccnc2)cc1. The first-order valence-electron chi connectivity index (χ1n) is 12.8. The summed E-state index contributed by atoms with van der Waals surface area (Å²) in [5.74, 6) is -3.26. The van der Waals surface area contributed by atoms with E-state index in [2.05, 4.69) is 36.4 Å². The Kier molecular flexibility index (Phi) is 7.73. The molecule has 4 rings (SSSR count). The molecule has 1 unspecified atom stereocenters. The molecule has 0 radical (unpaired) electrons. The molecule has 0 bridgehead atoms. The highest BCUT2D eigenvalue weighted by Gasteiger charge is 2.40. The zero-order valence-electron chi connectivity index (χ0n) is 21.3. The summed E-state index contributed by atoms with van der Waals surface area (Å²) in [7, 11) is 0. The van der Waals surface area contributed by atoms with Gasteiger partial charge in [-0.15, -0.1) is 0 Å². The maximum absolute atomic E-state index is 13.9. The Hall–Kier alpha value is -2.87. The van der Waals surface area contributed by atoms with Gasteiger partial charge in [-0.3, -0.25) is 19.5 Å². The fraction of sp³-hybridized carbons (Fsp3) is 0.536. The minimum absolute atomic E-state index is 0.0659. The van der Waals surface area contributed by atoms with E-state index in [0.29, 0.717) is 17.7 Å². The quantitative estimate of drug-likeness (QED) is 0.594. The number of hydrogen-bond acceptors (Lipinski definition) is 4. The molecule has 194 valence electrons. The molecule has 2 fully saturated rings. The second-order valence-corrected chi connectivity index (χ2v) is 11.0. The lowest BCUT2D eigenvalue weighted by Crippen LogP contribution is -2.52. The average Bonchev–Trinajstić information content (AvgIpc) is 3.39. The summed E-state index contributed by atoms with van der Waals surface area (Å²) in [4.78, 5) is 33.4. The molecule has 1 saturated carbocycles. The van der Waals surface area contributed by atoms with Gasteiger partial charge in [0.25, 0.3) is 0 Å². The first-order chi connectivity index (χ1) is 17.0. The summed E-state index contributed by atoms with van der Waals surface area (Å²) < 4.78 is 27.4. The van der Waals surface area contributed by atoms with Crippen molar-refractivity contribution in [2.45, 2.75) is 88.8 Å². The normalized spacial score (nSPS) is 21.1. The predicted octanol–water partition coefficient (Wildman–Crippen LogP) is 4.90. The molecule has 2 atom stereocenters. The number of nitrogens with zero attached hydrogens (tertiary/aromatic N) is 2. The van der Waals surface area contributed by atoms with Crippen molar-refractivity contribution in [3.8, 4) is 0 Å². The molecule has 2 amide bonds. The van der Waals surface area contributed by atoms with Gasteiger partial charge in [0, 0.05) is 42.5 Å². The first-order valence-corrected chi connectivity index (χ1v) is 12.8. The zero-order chi connectivity index (χ0) is 25.9. The summed E-state index contributed by atoms with van der Waals surface area (Å²) in [6, 6.07) is 9.51. The van der Waals surface area contributed by atoms with Crippen molar-refractivity contribution in [1.82, 2.24) is 15.6 Å². The van der Waals surface area contributed by atoms with Crippen molar-refractivity contribution in [2.75, 3.05) is 11.4 Å². The molecule has 8 heteroatoms. The highest BCUT2D eigenvalue weighted by molar-refractivity contribution is 6.03. The van der Waals surface area contributed by atoms with Crippen LogP contribution >= 0.6 is 0 Å². The minimum atomic E-state index is -2.69. The Balaban J connectivity index is 1.71. The molecule has 1 aromatic carbocycles. The lowest BCUT2D eigenvalue weighted by atomic mass is 9.87. The predicted molar refractivity (Wildman–Crippen MR) is 136 cm³/mol. The third-order valence-electron chi connectivity index (χ3n) is 7.18. The van der Waals surface area contributed by atoms with E-state index in [-0.39, 0.29) is 49.0 Å². The van der Waals surface area contributed by atoms with Crippen molar-refractivity contribution in [2.24, 2.45) is 0 Å². The van der Waals surface area contributed by atoms with Gasteiger partial charge in [-0.25, -0.2) is 8.78 Å². The number of halogens is 2. The van der Waals surface area contributed by atoms with Crippen LogP contribution in [0.15, 0.2) is 48.8 Å². The fourth-order valence-corrected chi connectivity index (χ4v) is 5.01. The first kappa shape index (κ1) is 26.2. The molecule has 36 heavy (non-hydrogen) atoms. The highest BCUT2D eigenvalue weighted by atomic mass is 19.3. The van der Waals surface area contributed by atoms with Gasteiger partial charge >= 0.3 is 0 Å². The van der Waals surface area contributed by atoms with Gasteiger partial charge in [0.05, 0.1) is 6.04 Å². The minimum Gasteiger partial charge on any atom is -0.351 e. The number of alkyl halides is 2. The second kappa shape index (κ2) is 10.6. The number of benzene rings is 1. The Bertz CT molecular complexity index is 1040. The molecule has 0 spiro atoms. The standard InChI is InChI=1S/C28H36F2N4O2/c1-27(2,3)20-8-10-22(11-9-20)34(26(36)23-7-5-17-32-23)24(19-6-4-16-31-18-19)25(35)33-21-12-14-28(29,30)15-13-21/h4,6,8-11,16,18,21,23-24,32H,5,7,12-15,17H2,1-3H3,(H,33,35)/t23-,24?/m1/s1. The number of nitrogens with one attached hydrogen (secondary N) is 2. The number of amides is 2. The van der Waals surface area contributed by atoms with Crippen molar-refractivity contribution in [3.05, 3.63) is 59.9 Å². The van der Waals surface area contributed by atoms with Gasteiger partial charge in [0.2, 0.25) is 17.7 Å². The Morgan fingerprint density at radius 3 is 2.36 bits per heavy atom. The van der Waals surface area contributed by atoms with E-state index in [0.717, 1.165) is 18.5 Å². The van der Waals surface area contributed by atoms with Crippen LogP contribution in [0.25, 0.3) is 0 Å². The highest BCUT2D eigenvalue weighted by Crippen LogP contribution is 2.35. The monoisotopic (exact) mass is 498 g/mol. The number of aromatic nitrogens is 1. The molecular formula is C28H36F2N4O2. The number of hydrogen-bond donors (Lipinski definition) is 2. The molecule has 2 aromatic rings. The van der Waals surface area contributed by atoms with Crippen LogP contribution in [0.1, 0.15) is 76.5 Å². The molecule has 2 aliphatic rings. The van der Waals surface area contributed by atoms with Crippen LogP contribution in [0.2, 0.25) is 0 Å². The number of rotatable bonds is 6. The van der Waals surface area contributed by atoms with Crippen LogP contribution in [-0.4, -0.2) is 41.3 Å². The average molecular weight is 499 g/mol. The zero-order valence-corrected chi connectivity index (χ0v) is 21.3. The van der Waals surface area contributed by atoms with E-state index in [4.69, 9.17) is 0 Å². The van der Waals surface area contributed by atoms with E-state index in [9.17, 15) is 18.4 Å². The molecular weight excluding hydrogens is 462 g/mol. The van der Waals surface area contributed by atoms with E-state index >= 15 is 0 Å². The molecule has 1 aliphatic heterocycles. The third kappa shape index (κ3) is 6.09. The van der Waals surface area contributed by atoms with Crippen molar-refractivity contribution in [1.29, 1.82) is 0 Å². The lowest BCUT2D eigenvalue weighted by Gasteiger charge is -2.35. The third-order valence-corrected chi connectivity index (χ3v) is 7.18. The number of pyridine rings is 1. The van der Waals surface area contributed by atoms with Crippen LogP contribution in [0.3, 0.4) is 0 Å². The fourth-order valence-electron chi connectivity index (χ4n) is 5.01. The van der Waals surface area contributed by atoms with E-state index in [1.54, 1.807) is 29.4 Å². The molecule has 1 aromatic heterocycles. The summed E-state index contributed by atoms with van der Waals surface area (Å²) in [6.07, 6.45) is 4.68. The van der Waals surface area contributed by atoms with Crippen LogP contribution in [0.5, 0.6) is 0 Å². The van der Waals surface area contributed by atoms with Crippen LogP contribution in [0.4, 0.5) is 14.5 Å². The number of anilines is 1. The molecule has 2 heterocycles. The van der Waals surface area contributed by atoms with Gasteiger partial charge in [0.15, 0.2) is 0 Å². The summed E-state index contributed by atoms with van der Waals surface area (Å²) in [6.45, 7) is 7.10. The summed E-state index contributed by atoms with van der Waals surface area (Å²) in [5.41, 5.74) is 2.23. The van der Waals surface area contributed by atoms with Crippen LogP contribution in [-0.2, 0) is 15.0 Å². The van der Waals surface area contributed by atoms with E-state index < -0.39 is 18.0 Å². The van der Waals surface area contributed by atoms with Gasteiger partial charge < -0.3 is 10.6 Å². The second-order valence-electron chi connectivity index (χ2n) is 11.0. The van der Waals surface area contributed by atoms with E-state index in [1.807, 2.05) is 24.3 Å². The number of carbonyl (C=O) groups excluding carboxylic acids is 2. The van der Waals surface area contributed by atoms with Crippen LogP contribution in [0, 0.1) is 0 Å². The molecule has 1 aliphatic carbocycles. The molecule has 1 saturated heterocycles. The Morgan fingerprint density at radius 2 is 1.81 bits per heavy atom. The largest absolute Gasteiger partial charge is 0.351 e. The summed E-state index contributed by atoms with van der Waals surface area (Å²) >= 11 is 0. The van der Waals surface area contributed by atoms with Gasteiger partial charge in [-0.1, -0.05) is 39.0 Å².